The number of piperidine rings is 1. The van der Waals surface area contributed by atoms with Gasteiger partial charge in [0.25, 0.3) is 5.91 Å². The normalized spacial score (nSPS) is 18.5. The zero-order valence-corrected chi connectivity index (χ0v) is 15.8. The van der Waals surface area contributed by atoms with E-state index in [4.69, 9.17) is 5.10 Å². The molecule has 0 N–H and O–H groups in total. The number of hydrogen-bond donors (Lipinski definition) is 0. The van der Waals surface area contributed by atoms with Gasteiger partial charge in [-0.2, -0.15) is 4.52 Å². The van der Waals surface area contributed by atoms with E-state index in [1.165, 1.54) is 24.2 Å². The lowest BCUT2D eigenvalue weighted by Gasteiger charge is -2.30. The van der Waals surface area contributed by atoms with Crippen molar-refractivity contribution < 1.29 is 4.79 Å². The molecule has 0 atom stereocenters. The molecule has 0 bridgehead atoms. The van der Waals surface area contributed by atoms with Gasteiger partial charge in [0.15, 0.2) is 11.5 Å². The standard InChI is InChI=1S/C18H21N7OS/c26-18(14-11-27-12-19-14)24-9-5-13(6-10-24)17-21-20-15-3-4-16(22-25(15)17)23-7-1-2-8-23/h3-4,11-13H,1-2,5-10H2. The lowest BCUT2D eigenvalue weighted by molar-refractivity contribution is 0.0705. The predicted octanol–water partition coefficient (Wildman–Crippen LogP) is 2.20. The number of nitrogens with zero attached hydrogens (tertiary/aromatic N) is 7. The molecule has 140 valence electrons. The first-order valence-corrected chi connectivity index (χ1v) is 10.4. The topological polar surface area (TPSA) is 79.5 Å². The Kier molecular flexibility index (Phi) is 4.23. The van der Waals surface area contributed by atoms with Gasteiger partial charge in [-0.05, 0) is 37.8 Å². The Bertz CT molecular complexity index is 940. The summed E-state index contributed by atoms with van der Waals surface area (Å²) in [5, 5.41) is 15.3. The third-order valence-electron chi connectivity index (χ3n) is 5.50. The molecule has 8 nitrogen and oxygen atoms in total. The van der Waals surface area contributed by atoms with Crippen molar-refractivity contribution in [2.75, 3.05) is 31.1 Å². The highest BCUT2D eigenvalue weighted by molar-refractivity contribution is 7.07. The minimum atomic E-state index is 0.0234. The molecule has 5 rings (SSSR count). The average Bonchev–Trinajstić information content (AvgIpc) is 3.48. The monoisotopic (exact) mass is 383 g/mol. The number of fused-ring (bicyclic) bond motifs is 1. The predicted molar refractivity (Wildman–Crippen MR) is 102 cm³/mol. The Labute approximate surface area is 160 Å². The van der Waals surface area contributed by atoms with Gasteiger partial charge in [0.05, 0.1) is 5.51 Å². The summed E-state index contributed by atoms with van der Waals surface area (Å²) in [6, 6.07) is 4.03. The summed E-state index contributed by atoms with van der Waals surface area (Å²) in [7, 11) is 0. The number of anilines is 1. The van der Waals surface area contributed by atoms with Crippen molar-refractivity contribution in [2.24, 2.45) is 0 Å². The zero-order chi connectivity index (χ0) is 18.2. The van der Waals surface area contributed by atoms with Crippen LogP contribution in [0.1, 0.15) is 47.9 Å². The van der Waals surface area contributed by atoms with Gasteiger partial charge >= 0.3 is 0 Å². The fourth-order valence-corrected chi connectivity index (χ4v) is 4.51. The van der Waals surface area contributed by atoms with Gasteiger partial charge in [0.1, 0.15) is 11.5 Å². The van der Waals surface area contributed by atoms with E-state index in [9.17, 15) is 4.79 Å². The van der Waals surface area contributed by atoms with Gasteiger partial charge in [0, 0.05) is 37.5 Å². The van der Waals surface area contributed by atoms with Crippen molar-refractivity contribution in [2.45, 2.75) is 31.6 Å². The third kappa shape index (κ3) is 3.05. The van der Waals surface area contributed by atoms with Gasteiger partial charge in [-0.1, -0.05) is 0 Å². The Hall–Kier alpha value is -2.55. The van der Waals surface area contributed by atoms with E-state index in [0.29, 0.717) is 18.8 Å². The number of likely N-dealkylation sites (tertiary alicyclic amines) is 1. The molecule has 0 spiro atoms. The third-order valence-corrected chi connectivity index (χ3v) is 6.09. The fraction of sp³-hybridized carbons (Fsp3) is 0.500. The van der Waals surface area contributed by atoms with E-state index >= 15 is 0 Å². The Balaban J connectivity index is 1.34. The first-order chi connectivity index (χ1) is 13.3. The molecular formula is C18H21N7OS. The van der Waals surface area contributed by atoms with Crippen molar-refractivity contribution in [3.8, 4) is 0 Å². The van der Waals surface area contributed by atoms with Crippen LogP contribution in [0, 0.1) is 0 Å². The van der Waals surface area contributed by atoms with E-state index in [2.05, 4.69) is 20.1 Å². The highest BCUT2D eigenvalue weighted by Crippen LogP contribution is 2.28. The maximum atomic E-state index is 12.5. The summed E-state index contributed by atoms with van der Waals surface area (Å²) in [5.41, 5.74) is 3.03. The fourth-order valence-electron chi connectivity index (χ4n) is 3.99. The van der Waals surface area contributed by atoms with Gasteiger partial charge in [-0.3, -0.25) is 4.79 Å². The van der Waals surface area contributed by atoms with Crippen molar-refractivity contribution in [1.29, 1.82) is 0 Å². The molecule has 0 aliphatic carbocycles. The van der Waals surface area contributed by atoms with Crippen LogP contribution >= 0.6 is 11.3 Å². The molecule has 2 fully saturated rings. The summed E-state index contributed by atoms with van der Waals surface area (Å²) < 4.78 is 1.90. The number of amides is 1. The molecule has 2 aliphatic rings. The van der Waals surface area contributed by atoms with Gasteiger partial charge in [-0.15, -0.1) is 26.6 Å². The number of thiazole rings is 1. The molecule has 0 saturated carbocycles. The molecule has 5 heterocycles. The maximum absolute atomic E-state index is 12.5. The number of aromatic nitrogens is 5. The van der Waals surface area contributed by atoms with Gasteiger partial charge in [0.2, 0.25) is 0 Å². The minimum Gasteiger partial charge on any atom is -0.355 e. The minimum absolute atomic E-state index is 0.0234. The van der Waals surface area contributed by atoms with E-state index in [0.717, 1.165) is 43.2 Å². The van der Waals surface area contributed by atoms with Crippen molar-refractivity contribution in [3.05, 3.63) is 34.5 Å². The maximum Gasteiger partial charge on any atom is 0.273 e. The molecule has 3 aromatic rings. The molecule has 0 aromatic carbocycles. The van der Waals surface area contributed by atoms with Crippen LogP contribution in [-0.4, -0.2) is 61.8 Å². The van der Waals surface area contributed by atoms with E-state index in [-0.39, 0.29) is 11.8 Å². The second-order valence-corrected chi connectivity index (χ2v) is 7.87. The van der Waals surface area contributed by atoms with Gasteiger partial charge in [-0.25, -0.2) is 4.98 Å². The van der Waals surface area contributed by atoms with Gasteiger partial charge < -0.3 is 9.80 Å². The van der Waals surface area contributed by atoms with E-state index < -0.39 is 0 Å². The van der Waals surface area contributed by atoms with Crippen LogP contribution in [0.2, 0.25) is 0 Å². The summed E-state index contributed by atoms with van der Waals surface area (Å²) in [6.45, 7) is 3.55. The number of hydrogen-bond acceptors (Lipinski definition) is 7. The van der Waals surface area contributed by atoms with Crippen LogP contribution < -0.4 is 4.90 Å². The smallest absolute Gasteiger partial charge is 0.273 e. The lowest BCUT2D eigenvalue weighted by Crippen LogP contribution is -2.38. The van der Waals surface area contributed by atoms with Crippen LogP contribution in [0.15, 0.2) is 23.0 Å². The van der Waals surface area contributed by atoms with Crippen LogP contribution in [-0.2, 0) is 0 Å². The Morgan fingerprint density at radius 3 is 2.63 bits per heavy atom. The molecule has 9 heteroatoms. The summed E-state index contributed by atoms with van der Waals surface area (Å²) in [5.74, 6) is 2.19. The largest absolute Gasteiger partial charge is 0.355 e. The second-order valence-electron chi connectivity index (χ2n) is 7.15. The highest BCUT2D eigenvalue weighted by Gasteiger charge is 2.28. The average molecular weight is 383 g/mol. The highest BCUT2D eigenvalue weighted by atomic mass is 32.1. The quantitative estimate of drug-likeness (QED) is 0.690. The molecule has 2 saturated heterocycles. The van der Waals surface area contributed by atoms with E-state index in [1.54, 1.807) is 5.51 Å². The summed E-state index contributed by atoms with van der Waals surface area (Å²) in [4.78, 5) is 20.8. The Morgan fingerprint density at radius 2 is 1.89 bits per heavy atom. The SMILES string of the molecule is O=C(c1cscn1)N1CCC(c2nnc3ccc(N4CCCC4)nn23)CC1. The van der Waals surface area contributed by atoms with Crippen LogP contribution in [0.3, 0.4) is 0 Å². The molecule has 2 aliphatic heterocycles. The number of carbonyl (C=O) groups excluding carboxylic acids is 1. The Morgan fingerprint density at radius 1 is 1.07 bits per heavy atom. The van der Waals surface area contributed by atoms with Crippen molar-refractivity contribution >= 4 is 28.7 Å². The number of rotatable bonds is 3. The van der Waals surface area contributed by atoms with Crippen molar-refractivity contribution in [1.82, 2.24) is 29.7 Å². The molecule has 3 aromatic heterocycles. The van der Waals surface area contributed by atoms with Crippen LogP contribution in [0.5, 0.6) is 0 Å². The molecule has 0 unspecified atom stereocenters. The molecular weight excluding hydrogens is 362 g/mol. The van der Waals surface area contributed by atoms with Crippen LogP contribution in [0.25, 0.3) is 5.65 Å². The van der Waals surface area contributed by atoms with Crippen molar-refractivity contribution in [3.63, 3.8) is 0 Å². The molecule has 1 amide bonds. The lowest BCUT2D eigenvalue weighted by atomic mass is 9.96. The molecule has 27 heavy (non-hydrogen) atoms. The molecule has 0 radical (unpaired) electrons. The zero-order valence-electron chi connectivity index (χ0n) is 15.0. The summed E-state index contributed by atoms with van der Waals surface area (Å²) in [6.07, 6.45) is 4.18. The van der Waals surface area contributed by atoms with E-state index in [1.807, 2.05) is 26.9 Å². The number of carbonyl (C=O) groups is 1. The van der Waals surface area contributed by atoms with Crippen LogP contribution in [0.4, 0.5) is 5.82 Å². The first kappa shape index (κ1) is 16.6. The first-order valence-electron chi connectivity index (χ1n) is 9.44. The summed E-state index contributed by atoms with van der Waals surface area (Å²) >= 11 is 1.45. The second kappa shape index (κ2) is 6.88.